The molecule has 0 saturated carbocycles. The Morgan fingerprint density at radius 1 is 1.06 bits per heavy atom. The second-order valence-corrected chi connectivity index (χ2v) is 8.71. The smallest absolute Gasteiger partial charge is 0.283 e. The van der Waals surface area contributed by atoms with Gasteiger partial charge in [0.05, 0.1) is 15.8 Å². The van der Waals surface area contributed by atoms with Crippen LogP contribution in [0, 0.1) is 0 Å². The van der Waals surface area contributed by atoms with E-state index in [9.17, 15) is 9.59 Å². The highest BCUT2D eigenvalue weighted by Gasteiger charge is 2.18. The highest BCUT2D eigenvalue weighted by molar-refractivity contribution is 7.21. The lowest BCUT2D eigenvalue weighted by Gasteiger charge is -2.07. The highest BCUT2D eigenvalue weighted by atomic mass is 35.5. The van der Waals surface area contributed by atoms with E-state index in [4.69, 9.17) is 23.2 Å². The fourth-order valence-electron chi connectivity index (χ4n) is 3.05. The average Bonchev–Trinajstić information content (AvgIpc) is 3.36. The summed E-state index contributed by atoms with van der Waals surface area (Å²) in [4.78, 5) is 25.2. The van der Waals surface area contributed by atoms with Crippen molar-refractivity contribution in [2.45, 2.75) is 6.92 Å². The SMILES string of the molecule is C/C(=N/NC(=O)c1sc2cccc(Cl)c2c1Cl)c1ccc(NC(=O)c2ccnn2C)cc1. The fourth-order valence-corrected chi connectivity index (χ4v) is 4.90. The van der Waals surface area contributed by atoms with Crippen LogP contribution in [0.3, 0.4) is 0 Å². The highest BCUT2D eigenvalue weighted by Crippen LogP contribution is 2.39. The molecule has 4 rings (SSSR count). The first-order valence-electron chi connectivity index (χ1n) is 9.46. The second-order valence-electron chi connectivity index (χ2n) is 6.87. The number of thiophene rings is 1. The Kier molecular flexibility index (Phi) is 6.27. The van der Waals surface area contributed by atoms with E-state index >= 15 is 0 Å². The van der Waals surface area contributed by atoms with Crippen LogP contribution in [-0.2, 0) is 7.05 Å². The van der Waals surface area contributed by atoms with Gasteiger partial charge in [-0.05, 0) is 42.8 Å². The molecule has 0 aliphatic heterocycles. The minimum Gasteiger partial charge on any atom is -0.321 e. The molecule has 2 amide bonds. The molecule has 2 heterocycles. The van der Waals surface area contributed by atoms with E-state index in [2.05, 4.69) is 20.9 Å². The monoisotopic (exact) mass is 485 g/mol. The van der Waals surface area contributed by atoms with Crippen LogP contribution in [0.5, 0.6) is 0 Å². The lowest BCUT2D eigenvalue weighted by molar-refractivity contribution is 0.0958. The molecule has 2 aromatic heterocycles. The van der Waals surface area contributed by atoms with Gasteiger partial charge in [0, 0.05) is 29.0 Å². The van der Waals surface area contributed by atoms with Crippen molar-refractivity contribution in [3.05, 3.63) is 80.9 Å². The average molecular weight is 486 g/mol. The molecule has 0 aliphatic carbocycles. The number of aryl methyl sites for hydroxylation is 1. The summed E-state index contributed by atoms with van der Waals surface area (Å²) in [5.74, 6) is -0.664. The number of nitrogens with one attached hydrogen (secondary N) is 2. The Morgan fingerprint density at radius 3 is 2.47 bits per heavy atom. The van der Waals surface area contributed by atoms with Crippen LogP contribution < -0.4 is 10.7 Å². The minimum absolute atomic E-state index is 0.254. The minimum atomic E-state index is -0.410. The van der Waals surface area contributed by atoms with Gasteiger partial charge in [-0.25, -0.2) is 5.43 Å². The van der Waals surface area contributed by atoms with Gasteiger partial charge < -0.3 is 5.32 Å². The van der Waals surface area contributed by atoms with Gasteiger partial charge in [0.15, 0.2) is 0 Å². The molecule has 2 N–H and O–H groups in total. The van der Waals surface area contributed by atoms with Crippen molar-refractivity contribution in [3.8, 4) is 0 Å². The van der Waals surface area contributed by atoms with Gasteiger partial charge in [-0.3, -0.25) is 14.3 Å². The largest absolute Gasteiger partial charge is 0.321 e. The number of carbonyl (C=O) groups excluding carboxylic acids is 2. The van der Waals surface area contributed by atoms with Crippen LogP contribution in [0.15, 0.2) is 59.8 Å². The van der Waals surface area contributed by atoms with E-state index in [0.29, 0.717) is 37.4 Å². The van der Waals surface area contributed by atoms with E-state index in [1.807, 2.05) is 12.1 Å². The van der Waals surface area contributed by atoms with Crippen LogP contribution in [0.2, 0.25) is 10.0 Å². The van der Waals surface area contributed by atoms with Gasteiger partial charge in [-0.15, -0.1) is 11.3 Å². The normalized spacial score (nSPS) is 11.6. The molecule has 0 aliphatic rings. The summed E-state index contributed by atoms with van der Waals surface area (Å²) >= 11 is 13.8. The van der Waals surface area contributed by atoms with Gasteiger partial charge >= 0.3 is 0 Å². The number of halogens is 2. The number of aromatic nitrogens is 2. The van der Waals surface area contributed by atoms with Gasteiger partial charge in [-0.1, -0.05) is 41.4 Å². The Hall–Kier alpha value is -3.20. The van der Waals surface area contributed by atoms with Crippen molar-refractivity contribution in [1.82, 2.24) is 15.2 Å². The maximum Gasteiger partial charge on any atom is 0.283 e. The number of carbonyl (C=O) groups is 2. The summed E-state index contributed by atoms with van der Waals surface area (Å²) in [5.41, 5.74) is 5.01. The molecule has 0 fully saturated rings. The number of amides is 2. The first kappa shape index (κ1) is 22.0. The molecule has 32 heavy (non-hydrogen) atoms. The molecule has 0 spiro atoms. The van der Waals surface area contributed by atoms with E-state index in [1.54, 1.807) is 56.6 Å². The van der Waals surface area contributed by atoms with Crippen molar-refractivity contribution >= 4 is 67.8 Å². The third-order valence-corrected chi connectivity index (χ3v) is 6.71. The Bertz CT molecular complexity index is 1360. The Labute approximate surface area is 197 Å². The summed E-state index contributed by atoms with van der Waals surface area (Å²) in [6.07, 6.45) is 1.56. The fraction of sp³-hybridized carbons (Fsp3) is 0.0909. The van der Waals surface area contributed by atoms with Crippen molar-refractivity contribution in [2.75, 3.05) is 5.32 Å². The zero-order valence-electron chi connectivity index (χ0n) is 17.0. The molecule has 2 aromatic carbocycles. The number of anilines is 1. The molecule has 0 saturated heterocycles. The lowest BCUT2D eigenvalue weighted by Crippen LogP contribution is -2.18. The third kappa shape index (κ3) is 4.38. The van der Waals surface area contributed by atoms with Crippen LogP contribution in [0.4, 0.5) is 5.69 Å². The van der Waals surface area contributed by atoms with Crippen LogP contribution in [-0.4, -0.2) is 27.3 Å². The summed E-state index contributed by atoms with van der Waals surface area (Å²) in [5, 5.41) is 12.5. The summed E-state index contributed by atoms with van der Waals surface area (Å²) in [7, 11) is 1.70. The van der Waals surface area contributed by atoms with Crippen LogP contribution in [0.25, 0.3) is 10.1 Å². The van der Waals surface area contributed by atoms with E-state index in [-0.39, 0.29) is 5.91 Å². The molecule has 7 nitrogen and oxygen atoms in total. The summed E-state index contributed by atoms with van der Waals surface area (Å²) in [6, 6.07) is 14.2. The molecule has 0 unspecified atom stereocenters. The van der Waals surface area contributed by atoms with Gasteiger partial charge in [0.2, 0.25) is 0 Å². The van der Waals surface area contributed by atoms with Crippen molar-refractivity contribution in [1.29, 1.82) is 0 Å². The molecule has 0 radical (unpaired) electrons. The van der Waals surface area contributed by atoms with E-state index in [1.165, 1.54) is 16.0 Å². The predicted molar refractivity (Wildman–Crippen MR) is 129 cm³/mol. The van der Waals surface area contributed by atoms with Crippen molar-refractivity contribution in [3.63, 3.8) is 0 Å². The molecular weight excluding hydrogens is 469 g/mol. The molecule has 10 heteroatoms. The Balaban J connectivity index is 1.45. The zero-order valence-corrected chi connectivity index (χ0v) is 19.3. The van der Waals surface area contributed by atoms with E-state index < -0.39 is 5.91 Å². The van der Waals surface area contributed by atoms with Gasteiger partial charge in [-0.2, -0.15) is 10.2 Å². The van der Waals surface area contributed by atoms with Gasteiger partial charge in [0.25, 0.3) is 11.8 Å². The quantitative estimate of drug-likeness (QED) is 0.295. The standard InChI is InChI=1S/C22H17Cl2N5O2S/c1-12(13-6-8-14(9-7-13)26-21(30)16-10-11-25-29(16)2)27-28-22(31)20-19(24)18-15(23)4-3-5-17(18)32-20/h3-11H,1-2H3,(H,26,30)(H,28,31)/b27-12-. The number of rotatable bonds is 5. The maximum atomic E-state index is 12.6. The first-order valence-corrected chi connectivity index (χ1v) is 11.0. The molecular formula is C22H17Cl2N5O2S. The molecule has 162 valence electrons. The second kappa shape index (κ2) is 9.12. The first-order chi connectivity index (χ1) is 15.3. The van der Waals surface area contributed by atoms with Crippen molar-refractivity contribution in [2.24, 2.45) is 12.1 Å². The number of benzene rings is 2. The number of hydrazone groups is 1. The number of nitrogens with zero attached hydrogens (tertiary/aromatic N) is 3. The number of fused-ring (bicyclic) bond motifs is 1. The zero-order chi connectivity index (χ0) is 22.8. The van der Waals surface area contributed by atoms with E-state index in [0.717, 1.165) is 10.3 Å². The van der Waals surface area contributed by atoms with Crippen molar-refractivity contribution < 1.29 is 9.59 Å². The number of hydrogen-bond donors (Lipinski definition) is 2. The summed E-state index contributed by atoms with van der Waals surface area (Å²) in [6.45, 7) is 1.77. The molecule has 4 aromatic rings. The summed E-state index contributed by atoms with van der Waals surface area (Å²) < 4.78 is 2.33. The predicted octanol–water partition coefficient (Wildman–Crippen LogP) is 5.35. The maximum absolute atomic E-state index is 12.6. The molecule has 0 atom stereocenters. The van der Waals surface area contributed by atoms with Crippen LogP contribution in [0.1, 0.15) is 32.6 Å². The van der Waals surface area contributed by atoms with Gasteiger partial charge in [0.1, 0.15) is 10.6 Å². The topological polar surface area (TPSA) is 88.4 Å². The number of hydrogen-bond acceptors (Lipinski definition) is 5. The molecule has 0 bridgehead atoms. The third-order valence-electron chi connectivity index (χ3n) is 4.75. The Morgan fingerprint density at radius 2 is 1.81 bits per heavy atom. The van der Waals surface area contributed by atoms with Crippen LogP contribution >= 0.6 is 34.5 Å². The lowest BCUT2D eigenvalue weighted by atomic mass is 10.1.